The molecule has 3 fully saturated rings. The van der Waals surface area contributed by atoms with Crippen molar-refractivity contribution in [2.24, 2.45) is 0 Å². The maximum atomic E-state index is 5.87. The summed E-state index contributed by atoms with van der Waals surface area (Å²) in [4.78, 5) is 0. The second kappa shape index (κ2) is 5.95. The zero-order valence-corrected chi connectivity index (χ0v) is 12.6. The van der Waals surface area contributed by atoms with Crippen molar-refractivity contribution in [3.8, 4) is 17.2 Å². The van der Waals surface area contributed by atoms with Gasteiger partial charge in [0, 0.05) is 6.07 Å². The fraction of sp³-hybridized carbons (Fsp3) is 0.625. The lowest BCUT2D eigenvalue weighted by atomic mass is 10.2. The average Bonchev–Trinajstić information content (AvgIpc) is 3.38. The van der Waals surface area contributed by atoms with Gasteiger partial charge in [0.2, 0.25) is 0 Å². The van der Waals surface area contributed by atoms with E-state index in [0.717, 1.165) is 36.9 Å². The molecular formula is C16H20O6. The van der Waals surface area contributed by atoms with E-state index in [1.165, 1.54) is 0 Å². The van der Waals surface area contributed by atoms with Gasteiger partial charge in [-0.2, -0.15) is 0 Å². The topological polar surface area (TPSA) is 65.3 Å². The summed E-state index contributed by atoms with van der Waals surface area (Å²) in [6.07, 6.45) is 0.638. The van der Waals surface area contributed by atoms with Gasteiger partial charge in [0.05, 0.1) is 19.8 Å². The number of ether oxygens (including phenoxy) is 6. The van der Waals surface area contributed by atoms with Crippen LogP contribution in [0.5, 0.6) is 17.2 Å². The number of benzene rings is 1. The van der Waals surface area contributed by atoms with Gasteiger partial charge in [0.1, 0.15) is 43.9 Å². The molecule has 0 radical (unpaired) electrons. The predicted octanol–water partition coefficient (Wildman–Crippen LogP) is 1.33. The Labute approximate surface area is 129 Å². The summed E-state index contributed by atoms with van der Waals surface area (Å²) in [5.74, 6) is 2.23. The highest BCUT2D eigenvalue weighted by atomic mass is 16.6. The Bertz CT molecular complexity index is 534. The van der Waals surface area contributed by atoms with Crippen LogP contribution >= 0.6 is 0 Å². The Morgan fingerprint density at radius 2 is 1.41 bits per heavy atom. The molecule has 3 saturated heterocycles. The van der Waals surface area contributed by atoms with Crippen LogP contribution in [0.4, 0.5) is 0 Å². The lowest BCUT2D eigenvalue weighted by Crippen LogP contribution is -2.10. The van der Waals surface area contributed by atoms with Crippen LogP contribution in [0.2, 0.25) is 0 Å². The third kappa shape index (κ3) is 3.82. The average molecular weight is 308 g/mol. The molecule has 0 N–H and O–H groups in total. The number of hydrogen-bond donors (Lipinski definition) is 0. The van der Waals surface area contributed by atoms with E-state index in [4.69, 9.17) is 28.4 Å². The van der Waals surface area contributed by atoms with E-state index in [1.54, 1.807) is 0 Å². The molecule has 0 saturated carbocycles. The van der Waals surface area contributed by atoms with E-state index in [2.05, 4.69) is 0 Å². The van der Waals surface area contributed by atoms with Gasteiger partial charge in [-0.15, -0.1) is 0 Å². The van der Waals surface area contributed by atoms with E-state index in [9.17, 15) is 0 Å². The zero-order valence-electron chi connectivity index (χ0n) is 12.6. The van der Waals surface area contributed by atoms with E-state index in [0.29, 0.717) is 25.6 Å². The minimum absolute atomic E-state index is 0.198. The molecule has 3 heterocycles. The number of epoxide rings is 3. The van der Waals surface area contributed by atoms with Crippen LogP contribution < -0.4 is 14.2 Å². The van der Waals surface area contributed by atoms with Crippen molar-refractivity contribution in [3.05, 3.63) is 17.7 Å². The molecule has 0 aliphatic carbocycles. The van der Waals surface area contributed by atoms with Crippen LogP contribution in [0.25, 0.3) is 0 Å². The van der Waals surface area contributed by atoms with Crippen molar-refractivity contribution in [1.82, 2.24) is 0 Å². The summed E-state index contributed by atoms with van der Waals surface area (Å²) < 4.78 is 33.0. The van der Waals surface area contributed by atoms with Crippen LogP contribution in [-0.4, -0.2) is 58.0 Å². The third-order valence-electron chi connectivity index (χ3n) is 3.70. The standard InChI is InChI=1S/C16H20O6/c1-10-2-11(17-4-12-5-18-12)3-15(21-8-13-6-19-13)16(10)22-9-14-7-20-14/h2-3,12-14H,4-9H2,1H3. The Kier molecular flexibility index (Phi) is 3.82. The minimum atomic E-state index is 0.198. The van der Waals surface area contributed by atoms with Gasteiger partial charge < -0.3 is 28.4 Å². The first-order valence-corrected chi connectivity index (χ1v) is 7.66. The van der Waals surface area contributed by atoms with Crippen LogP contribution in [0.1, 0.15) is 5.56 Å². The van der Waals surface area contributed by atoms with Gasteiger partial charge in [-0.05, 0) is 18.6 Å². The Hall–Kier alpha value is -1.50. The highest BCUT2D eigenvalue weighted by Gasteiger charge is 2.27. The molecule has 3 aliphatic rings. The molecule has 1 aromatic rings. The summed E-state index contributed by atoms with van der Waals surface area (Å²) in [6, 6.07) is 3.84. The van der Waals surface area contributed by atoms with Gasteiger partial charge in [0.25, 0.3) is 0 Å². The maximum Gasteiger partial charge on any atom is 0.165 e. The fourth-order valence-electron chi connectivity index (χ4n) is 2.13. The number of hydrogen-bond acceptors (Lipinski definition) is 6. The van der Waals surface area contributed by atoms with Gasteiger partial charge >= 0.3 is 0 Å². The summed E-state index contributed by atoms with van der Waals surface area (Å²) in [6.45, 7) is 5.96. The molecule has 3 atom stereocenters. The third-order valence-corrected chi connectivity index (χ3v) is 3.70. The van der Waals surface area contributed by atoms with Crippen molar-refractivity contribution >= 4 is 0 Å². The van der Waals surface area contributed by atoms with Crippen molar-refractivity contribution in [2.75, 3.05) is 39.6 Å². The number of rotatable bonds is 9. The van der Waals surface area contributed by atoms with Gasteiger partial charge in [-0.1, -0.05) is 0 Å². The maximum absolute atomic E-state index is 5.87. The molecule has 0 spiro atoms. The largest absolute Gasteiger partial charge is 0.491 e. The SMILES string of the molecule is Cc1cc(OCC2CO2)cc(OCC2CO2)c1OCC1CO1. The predicted molar refractivity (Wildman–Crippen MR) is 76.9 cm³/mol. The first-order valence-electron chi connectivity index (χ1n) is 7.66. The van der Waals surface area contributed by atoms with Crippen molar-refractivity contribution < 1.29 is 28.4 Å². The second-order valence-corrected chi connectivity index (χ2v) is 5.87. The first kappa shape index (κ1) is 14.1. The smallest absolute Gasteiger partial charge is 0.165 e. The Morgan fingerprint density at radius 1 is 0.864 bits per heavy atom. The van der Waals surface area contributed by atoms with Crippen LogP contribution in [0.15, 0.2) is 12.1 Å². The summed E-state index contributed by atoms with van der Waals surface area (Å²) in [5, 5.41) is 0. The van der Waals surface area contributed by atoms with Crippen molar-refractivity contribution in [2.45, 2.75) is 25.2 Å². The van der Waals surface area contributed by atoms with E-state index < -0.39 is 0 Å². The molecule has 1 aromatic carbocycles. The molecule has 120 valence electrons. The molecule has 22 heavy (non-hydrogen) atoms. The molecule has 4 rings (SSSR count). The van der Waals surface area contributed by atoms with Crippen LogP contribution in [0.3, 0.4) is 0 Å². The normalized spacial score (nSPS) is 28.1. The zero-order chi connectivity index (χ0) is 14.9. The minimum Gasteiger partial charge on any atom is -0.491 e. The Morgan fingerprint density at radius 3 is 2.00 bits per heavy atom. The van der Waals surface area contributed by atoms with Crippen LogP contribution in [-0.2, 0) is 14.2 Å². The molecular weight excluding hydrogens is 288 g/mol. The van der Waals surface area contributed by atoms with E-state index >= 15 is 0 Å². The molecule has 0 aromatic heterocycles. The highest BCUT2D eigenvalue weighted by molar-refractivity contribution is 5.51. The molecule has 0 amide bonds. The van der Waals surface area contributed by atoms with Gasteiger partial charge in [-0.3, -0.25) is 0 Å². The van der Waals surface area contributed by atoms with E-state index in [-0.39, 0.29) is 18.3 Å². The van der Waals surface area contributed by atoms with Crippen molar-refractivity contribution in [3.63, 3.8) is 0 Å². The highest BCUT2D eigenvalue weighted by Crippen LogP contribution is 2.37. The lowest BCUT2D eigenvalue weighted by molar-refractivity contribution is 0.224. The molecule has 0 bridgehead atoms. The van der Waals surface area contributed by atoms with Crippen LogP contribution in [0, 0.1) is 6.92 Å². The van der Waals surface area contributed by atoms with Crippen molar-refractivity contribution in [1.29, 1.82) is 0 Å². The summed E-state index contributed by atoms with van der Waals surface area (Å²) >= 11 is 0. The van der Waals surface area contributed by atoms with E-state index in [1.807, 2.05) is 19.1 Å². The van der Waals surface area contributed by atoms with Gasteiger partial charge in [0.15, 0.2) is 11.5 Å². The second-order valence-electron chi connectivity index (χ2n) is 5.87. The molecule has 3 aliphatic heterocycles. The lowest BCUT2D eigenvalue weighted by Gasteiger charge is -2.16. The molecule has 3 unspecified atom stereocenters. The summed E-state index contributed by atoms with van der Waals surface area (Å²) in [5.41, 5.74) is 0.988. The monoisotopic (exact) mass is 308 g/mol. The number of aryl methyl sites for hydroxylation is 1. The summed E-state index contributed by atoms with van der Waals surface area (Å²) in [7, 11) is 0. The quantitative estimate of drug-likeness (QED) is 0.641. The fourth-order valence-corrected chi connectivity index (χ4v) is 2.13. The van der Waals surface area contributed by atoms with Gasteiger partial charge in [-0.25, -0.2) is 0 Å². The first-order chi connectivity index (χ1) is 10.8. The Balaban J connectivity index is 1.47. The molecule has 6 heteroatoms. The molecule has 6 nitrogen and oxygen atoms in total.